The molecule has 1 saturated carbocycles. The third-order valence-electron chi connectivity index (χ3n) is 3.47. The summed E-state index contributed by atoms with van der Waals surface area (Å²) < 4.78 is 16.7. The Hall–Kier alpha value is -1.42. The molecule has 2 aliphatic rings. The minimum Gasteiger partial charge on any atom is -0.489 e. The molecule has 1 aromatic rings. The van der Waals surface area contributed by atoms with E-state index < -0.39 is 0 Å². The summed E-state index contributed by atoms with van der Waals surface area (Å²) in [7, 11) is 0. The molecule has 1 unspecified atom stereocenters. The van der Waals surface area contributed by atoms with Crippen molar-refractivity contribution in [2.45, 2.75) is 44.8 Å². The highest BCUT2D eigenvalue weighted by molar-refractivity contribution is 5.46. The minimum atomic E-state index is 0.228. The largest absolute Gasteiger partial charge is 0.489 e. The normalized spacial score (nSPS) is 18.4. The number of hydrogen-bond acceptors (Lipinski definition) is 4. The Morgan fingerprint density at radius 3 is 2.95 bits per heavy atom. The second-order valence-corrected chi connectivity index (χ2v) is 5.23. The summed E-state index contributed by atoms with van der Waals surface area (Å²) in [6.07, 6.45) is 5.03. The first kappa shape index (κ1) is 12.6. The number of rotatable bonds is 7. The van der Waals surface area contributed by atoms with Crippen molar-refractivity contribution in [1.29, 1.82) is 0 Å². The van der Waals surface area contributed by atoms with Crippen LogP contribution in [0.2, 0.25) is 0 Å². The maximum atomic E-state index is 6.06. The summed E-state index contributed by atoms with van der Waals surface area (Å²) in [5.41, 5.74) is 0. The minimum absolute atomic E-state index is 0.228. The zero-order valence-electron chi connectivity index (χ0n) is 11.4. The van der Waals surface area contributed by atoms with Crippen LogP contribution in [0.5, 0.6) is 17.2 Å². The van der Waals surface area contributed by atoms with Crippen LogP contribution < -0.4 is 19.5 Å². The van der Waals surface area contributed by atoms with Gasteiger partial charge in [0.25, 0.3) is 0 Å². The lowest BCUT2D eigenvalue weighted by molar-refractivity contribution is 0.172. The Morgan fingerprint density at radius 2 is 2.16 bits per heavy atom. The van der Waals surface area contributed by atoms with Gasteiger partial charge in [-0.15, -0.1) is 0 Å². The summed E-state index contributed by atoms with van der Waals surface area (Å²) in [6.45, 7) is 3.42. The van der Waals surface area contributed by atoms with E-state index in [-0.39, 0.29) is 6.10 Å². The fourth-order valence-corrected chi connectivity index (χ4v) is 2.25. The molecule has 1 heterocycles. The molecular weight excluding hydrogens is 242 g/mol. The molecule has 0 bridgehead atoms. The van der Waals surface area contributed by atoms with E-state index in [0.717, 1.165) is 42.7 Å². The van der Waals surface area contributed by atoms with Crippen molar-refractivity contribution in [3.05, 3.63) is 18.2 Å². The van der Waals surface area contributed by atoms with Crippen LogP contribution in [-0.4, -0.2) is 25.5 Å². The quantitative estimate of drug-likeness (QED) is 0.821. The molecule has 1 atom stereocenters. The standard InChI is InChI=1S/C15H21NO3/c1-2-3-13(9-16-11-4-5-11)19-12-6-7-14-15(8-12)18-10-17-14/h6-8,11,13,16H,2-5,9-10H2,1H3. The fourth-order valence-electron chi connectivity index (χ4n) is 2.25. The van der Waals surface area contributed by atoms with E-state index in [2.05, 4.69) is 12.2 Å². The summed E-state index contributed by atoms with van der Waals surface area (Å²) in [6, 6.07) is 6.50. The van der Waals surface area contributed by atoms with Gasteiger partial charge < -0.3 is 19.5 Å². The second-order valence-electron chi connectivity index (χ2n) is 5.23. The van der Waals surface area contributed by atoms with Crippen molar-refractivity contribution in [3.8, 4) is 17.2 Å². The predicted molar refractivity (Wildman–Crippen MR) is 72.9 cm³/mol. The van der Waals surface area contributed by atoms with Gasteiger partial charge in [-0.25, -0.2) is 0 Å². The van der Waals surface area contributed by atoms with Gasteiger partial charge in [0.15, 0.2) is 11.5 Å². The lowest BCUT2D eigenvalue weighted by Crippen LogP contribution is -2.32. The molecule has 0 amide bonds. The van der Waals surface area contributed by atoms with E-state index in [9.17, 15) is 0 Å². The molecule has 1 N–H and O–H groups in total. The Balaban J connectivity index is 1.59. The van der Waals surface area contributed by atoms with Gasteiger partial charge in [-0.1, -0.05) is 13.3 Å². The van der Waals surface area contributed by atoms with Crippen molar-refractivity contribution >= 4 is 0 Å². The van der Waals surface area contributed by atoms with Gasteiger partial charge in [-0.05, 0) is 31.4 Å². The highest BCUT2D eigenvalue weighted by Crippen LogP contribution is 2.35. The molecule has 0 saturated heterocycles. The Morgan fingerprint density at radius 1 is 1.32 bits per heavy atom. The average molecular weight is 263 g/mol. The fraction of sp³-hybridized carbons (Fsp3) is 0.600. The summed E-state index contributed by atoms with van der Waals surface area (Å²) in [5.74, 6) is 2.44. The van der Waals surface area contributed by atoms with Crippen molar-refractivity contribution in [2.24, 2.45) is 0 Å². The number of fused-ring (bicyclic) bond motifs is 1. The van der Waals surface area contributed by atoms with E-state index in [4.69, 9.17) is 14.2 Å². The van der Waals surface area contributed by atoms with E-state index in [1.807, 2.05) is 18.2 Å². The third kappa shape index (κ3) is 3.32. The van der Waals surface area contributed by atoms with Crippen LogP contribution in [0, 0.1) is 0 Å². The number of benzene rings is 1. The van der Waals surface area contributed by atoms with Gasteiger partial charge in [0.2, 0.25) is 6.79 Å². The summed E-state index contributed by atoms with van der Waals surface area (Å²) in [4.78, 5) is 0. The SMILES string of the molecule is CCCC(CNC1CC1)Oc1ccc2c(c1)OCO2. The second kappa shape index (κ2) is 5.70. The van der Waals surface area contributed by atoms with Crippen LogP contribution in [-0.2, 0) is 0 Å². The first-order chi connectivity index (χ1) is 9.35. The maximum absolute atomic E-state index is 6.06. The topological polar surface area (TPSA) is 39.7 Å². The molecule has 0 aromatic heterocycles. The van der Waals surface area contributed by atoms with Crippen LogP contribution in [0.25, 0.3) is 0 Å². The zero-order valence-corrected chi connectivity index (χ0v) is 11.4. The number of nitrogens with one attached hydrogen (secondary N) is 1. The molecule has 1 fully saturated rings. The molecule has 1 aliphatic carbocycles. The van der Waals surface area contributed by atoms with Gasteiger partial charge in [-0.2, -0.15) is 0 Å². The van der Waals surface area contributed by atoms with E-state index in [1.54, 1.807) is 0 Å². The Labute approximate surface area is 114 Å². The average Bonchev–Trinajstić information content (AvgIpc) is 3.13. The zero-order chi connectivity index (χ0) is 13.1. The first-order valence-corrected chi connectivity index (χ1v) is 7.15. The maximum Gasteiger partial charge on any atom is 0.231 e. The van der Waals surface area contributed by atoms with Gasteiger partial charge in [0, 0.05) is 18.7 Å². The van der Waals surface area contributed by atoms with E-state index in [0.29, 0.717) is 6.79 Å². The summed E-state index contributed by atoms with van der Waals surface area (Å²) >= 11 is 0. The molecule has 1 aromatic carbocycles. The van der Waals surface area contributed by atoms with Crippen LogP contribution in [0.4, 0.5) is 0 Å². The molecule has 1 aliphatic heterocycles. The van der Waals surface area contributed by atoms with E-state index >= 15 is 0 Å². The molecule has 4 heteroatoms. The molecule has 3 rings (SSSR count). The number of ether oxygens (including phenoxy) is 3. The van der Waals surface area contributed by atoms with Gasteiger partial charge in [0.1, 0.15) is 11.9 Å². The molecule has 19 heavy (non-hydrogen) atoms. The highest BCUT2D eigenvalue weighted by Gasteiger charge is 2.22. The lowest BCUT2D eigenvalue weighted by Gasteiger charge is -2.19. The van der Waals surface area contributed by atoms with Gasteiger partial charge in [0.05, 0.1) is 0 Å². The molecule has 0 spiro atoms. The van der Waals surface area contributed by atoms with Gasteiger partial charge in [-0.3, -0.25) is 0 Å². The first-order valence-electron chi connectivity index (χ1n) is 7.15. The number of hydrogen-bond donors (Lipinski definition) is 1. The van der Waals surface area contributed by atoms with Crippen molar-refractivity contribution < 1.29 is 14.2 Å². The Bertz CT molecular complexity index is 431. The molecular formula is C15H21NO3. The van der Waals surface area contributed by atoms with Crippen molar-refractivity contribution in [3.63, 3.8) is 0 Å². The predicted octanol–water partition coefficient (Wildman–Crippen LogP) is 2.71. The highest BCUT2D eigenvalue weighted by atomic mass is 16.7. The molecule has 104 valence electrons. The smallest absolute Gasteiger partial charge is 0.231 e. The van der Waals surface area contributed by atoms with Crippen LogP contribution in [0.3, 0.4) is 0 Å². The summed E-state index contributed by atoms with van der Waals surface area (Å²) in [5, 5.41) is 3.53. The molecule has 0 radical (unpaired) electrons. The monoisotopic (exact) mass is 263 g/mol. The third-order valence-corrected chi connectivity index (χ3v) is 3.47. The van der Waals surface area contributed by atoms with Gasteiger partial charge >= 0.3 is 0 Å². The lowest BCUT2D eigenvalue weighted by atomic mass is 10.2. The van der Waals surface area contributed by atoms with E-state index in [1.165, 1.54) is 12.8 Å². The molecule has 4 nitrogen and oxygen atoms in total. The van der Waals surface area contributed by atoms with Crippen LogP contribution >= 0.6 is 0 Å². The van der Waals surface area contributed by atoms with Crippen molar-refractivity contribution in [1.82, 2.24) is 5.32 Å². The van der Waals surface area contributed by atoms with Crippen LogP contribution in [0.1, 0.15) is 32.6 Å². The van der Waals surface area contributed by atoms with Crippen LogP contribution in [0.15, 0.2) is 18.2 Å². The van der Waals surface area contributed by atoms with Crippen molar-refractivity contribution in [2.75, 3.05) is 13.3 Å². The Kier molecular flexibility index (Phi) is 3.78.